The van der Waals surface area contributed by atoms with E-state index in [0.717, 1.165) is 19.3 Å². The Bertz CT molecular complexity index is 640. The van der Waals surface area contributed by atoms with E-state index < -0.39 is 12.7 Å². The summed E-state index contributed by atoms with van der Waals surface area (Å²) < 4.78 is 29.4. The molecule has 0 amide bonds. The minimum atomic E-state index is -2.90. The lowest BCUT2D eigenvalue weighted by Gasteiger charge is -2.17. The normalized spacial score (nSPS) is 15.0. The van der Waals surface area contributed by atoms with Crippen molar-refractivity contribution in [2.24, 2.45) is 0 Å². The molecule has 3 rings (SSSR count). The zero-order valence-corrected chi connectivity index (χ0v) is 11.4. The molecule has 2 aromatic carbocycles. The highest BCUT2D eigenvalue weighted by molar-refractivity contribution is 5.43. The van der Waals surface area contributed by atoms with Crippen LogP contribution in [0.25, 0.3) is 0 Å². The molecular weight excluding hydrogens is 274 g/mol. The van der Waals surface area contributed by atoms with Crippen molar-refractivity contribution in [3.63, 3.8) is 0 Å². The molecule has 0 saturated heterocycles. The first-order valence-corrected chi connectivity index (χ1v) is 6.98. The van der Waals surface area contributed by atoms with Crippen molar-refractivity contribution in [3.05, 3.63) is 64.7 Å². The molecule has 0 saturated carbocycles. The molecule has 4 heteroatoms. The highest BCUT2D eigenvalue weighted by Gasteiger charge is 2.19. The van der Waals surface area contributed by atoms with Crippen LogP contribution in [-0.2, 0) is 12.8 Å². The van der Waals surface area contributed by atoms with Crippen LogP contribution < -0.4 is 4.74 Å². The molecule has 0 bridgehead atoms. The van der Waals surface area contributed by atoms with Crippen LogP contribution in [0, 0.1) is 0 Å². The number of fused-ring (bicyclic) bond motifs is 1. The first kappa shape index (κ1) is 14.0. The number of rotatable bonds is 4. The van der Waals surface area contributed by atoms with Crippen LogP contribution in [0.5, 0.6) is 5.75 Å². The van der Waals surface area contributed by atoms with Gasteiger partial charge in [-0.2, -0.15) is 8.78 Å². The van der Waals surface area contributed by atoms with Gasteiger partial charge in [0.25, 0.3) is 0 Å². The summed E-state index contributed by atoms with van der Waals surface area (Å²) in [6.07, 6.45) is 2.23. The second-order valence-electron chi connectivity index (χ2n) is 5.20. The van der Waals surface area contributed by atoms with Crippen LogP contribution >= 0.6 is 0 Å². The standard InChI is InChI=1S/C17H16F2O2/c18-17(19)21-15-7-2-1-6-14(15)16(20)13-9-8-11-4-3-5-12(11)10-13/h1-2,6-10,16-17,20H,3-5H2. The smallest absolute Gasteiger partial charge is 0.387 e. The van der Waals surface area contributed by atoms with Crippen molar-refractivity contribution in [3.8, 4) is 5.75 Å². The van der Waals surface area contributed by atoms with Gasteiger partial charge in [-0.15, -0.1) is 0 Å². The quantitative estimate of drug-likeness (QED) is 0.926. The minimum absolute atomic E-state index is 0.0144. The summed E-state index contributed by atoms with van der Waals surface area (Å²) >= 11 is 0. The van der Waals surface area contributed by atoms with E-state index in [9.17, 15) is 13.9 Å². The second-order valence-corrected chi connectivity index (χ2v) is 5.20. The number of aryl methyl sites for hydroxylation is 2. The minimum Gasteiger partial charge on any atom is -0.434 e. The van der Waals surface area contributed by atoms with Crippen LogP contribution in [0.2, 0.25) is 0 Å². The Morgan fingerprint density at radius 2 is 1.76 bits per heavy atom. The number of ether oxygens (including phenoxy) is 1. The summed E-state index contributed by atoms with van der Waals surface area (Å²) in [7, 11) is 0. The number of para-hydroxylation sites is 1. The third kappa shape index (κ3) is 2.90. The van der Waals surface area contributed by atoms with E-state index in [-0.39, 0.29) is 5.75 Å². The number of hydrogen-bond acceptors (Lipinski definition) is 2. The highest BCUT2D eigenvalue weighted by atomic mass is 19.3. The lowest BCUT2D eigenvalue weighted by Crippen LogP contribution is -2.08. The van der Waals surface area contributed by atoms with E-state index in [2.05, 4.69) is 4.74 Å². The van der Waals surface area contributed by atoms with Gasteiger partial charge in [0.15, 0.2) is 0 Å². The van der Waals surface area contributed by atoms with Crippen molar-refractivity contribution in [2.75, 3.05) is 0 Å². The molecule has 110 valence electrons. The van der Waals surface area contributed by atoms with Crippen LogP contribution in [0.1, 0.15) is 34.8 Å². The van der Waals surface area contributed by atoms with E-state index in [4.69, 9.17) is 0 Å². The predicted octanol–water partition coefficient (Wildman–Crippen LogP) is 3.86. The molecule has 0 aromatic heterocycles. The number of aliphatic hydroxyl groups excluding tert-OH is 1. The number of hydrogen-bond donors (Lipinski definition) is 1. The van der Waals surface area contributed by atoms with Gasteiger partial charge in [-0.25, -0.2) is 0 Å². The van der Waals surface area contributed by atoms with E-state index in [0.29, 0.717) is 11.1 Å². The number of aliphatic hydroxyl groups is 1. The van der Waals surface area contributed by atoms with Gasteiger partial charge in [0.05, 0.1) is 0 Å². The monoisotopic (exact) mass is 290 g/mol. The fourth-order valence-corrected chi connectivity index (χ4v) is 2.85. The lowest BCUT2D eigenvalue weighted by molar-refractivity contribution is -0.0512. The van der Waals surface area contributed by atoms with Gasteiger partial charge < -0.3 is 9.84 Å². The Morgan fingerprint density at radius 3 is 2.57 bits per heavy atom. The molecule has 0 radical (unpaired) electrons. The van der Waals surface area contributed by atoms with Crippen molar-refractivity contribution >= 4 is 0 Å². The molecule has 1 unspecified atom stereocenters. The van der Waals surface area contributed by atoms with Crippen molar-refractivity contribution in [1.82, 2.24) is 0 Å². The van der Waals surface area contributed by atoms with Gasteiger partial charge in [-0.1, -0.05) is 36.4 Å². The zero-order chi connectivity index (χ0) is 14.8. The Kier molecular flexibility index (Phi) is 3.88. The van der Waals surface area contributed by atoms with E-state index in [1.807, 2.05) is 18.2 Å². The van der Waals surface area contributed by atoms with Crippen molar-refractivity contribution in [1.29, 1.82) is 0 Å². The zero-order valence-electron chi connectivity index (χ0n) is 11.4. The maximum absolute atomic E-state index is 12.4. The van der Waals surface area contributed by atoms with Gasteiger partial charge in [-0.3, -0.25) is 0 Å². The molecule has 0 aliphatic heterocycles. The van der Waals surface area contributed by atoms with Gasteiger partial charge in [-0.05, 0) is 42.0 Å². The Morgan fingerprint density at radius 1 is 1.00 bits per heavy atom. The lowest BCUT2D eigenvalue weighted by atomic mass is 9.97. The molecule has 21 heavy (non-hydrogen) atoms. The Hall–Kier alpha value is -1.94. The predicted molar refractivity (Wildman–Crippen MR) is 75.6 cm³/mol. The van der Waals surface area contributed by atoms with Gasteiger partial charge in [0, 0.05) is 5.56 Å². The highest BCUT2D eigenvalue weighted by Crippen LogP contribution is 2.33. The summed E-state index contributed by atoms with van der Waals surface area (Å²) in [5, 5.41) is 10.5. The fraction of sp³-hybridized carbons (Fsp3) is 0.294. The summed E-state index contributed by atoms with van der Waals surface area (Å²) in [4.78, 5) is 0. The SMILES string of the molecule is OC(c1ccc2c(c1)CCC2)c1ccccc1OC(F)F. The Balaban J connectivity index is 1.93. The average molecular weight is 290 g/mol. The molecule has 0 spiro atoms. The average Bonchev–Trinajstić information content (AvgIpc) is 2.94. The molecule has 2 nitrogen and oxygen atoms in total. The summed E-state index contributed by atoms with van der Waals surface area (Å²) in [5.74, 6) is 0.0144. The summed E-state index contributed by atoms with van der Waals surface area (Å²) in [6, 6.07) is 12.2. The second kappa shape index (κ2) is 5.82. The van der Waals surface area contributed by atoms with Crippen molar-refractivity contribution in [2.45, 2.75) is 32.0 Å². The molecular formula is C17H16F2O2. The summed E-state index contributed by atoms with van der Waals surface area (Å²) in [5.41, 5.74) is 3.61. The Labute approximate surface area is 122 Å². The van der Waals surface area contributed by atoms with E-state index in [1.165, 1.54) is 17.2 Å². The van der Waals surface area contributed by atoms with Crippen LogP contribution in [-0.4, -0.2) is 11.7 Å². The third-order valence-corrected chi connectivity index (χ3v) is 3.87. The van der Waals surface area contributed by atoms with Crippen LogP contribution in [0.4, 0.5) is 8.78 Å². The van der Waals surface area contributed by atoms with Crippen molar-refractivity contribution < 1.29 is 18.6 Å². The first-order valence-electron chi connectivity index (χ1n) is 6.98. The molecule has 0 fully saturated rings. The maximum Gasteiger partial charge on any atom is 0.387 e. The number of alkyl halides is 2. The molecule has 1 aliphatic rings. The van der Waals surface area contributed by atoms with Gasteiger partial charge in [0.2, 0.25) is 0 Å². The third-order valence-electron chi connectivity index (χ3n) is 3.87. The number of benzene rings is 2. The largest absolute Gasteiger partial charge is 0.434 e. The summed E-state index contributed by atoms with van der Waals surface area (Å²) in [6.45, 7) is -2.90. The molecule has 1 aliphatic carbocycles. The molecule has 1 N–H and O–H groups in total. The van der Waals surface area contributed by atoms with Crippen LogP contribution in [0.15, 0.2) is 42.5 Å². The molecule has 2 aromatic rings. The fourth-order valence-electron chi connectivity index (χ4n) is 2.85. The molecule has 1 atom stereocenters. The number of halogens is 2. The first-order chi connectivity index (χ1) is 10.1. The topological polar surface area (TPSA) is 29.5 Å². The maximum atomic E-state index is 12.4. The van der Waals surface area contributed by atoms with E-state index in [1.54, 1.807) is 18.2 Å². The molecule has 0 heterocycles. The van der Waals surface area contributed by atoms with Crippen LogP contribution in [0.3, 0.4) is 0 Å². The van der Waals surface area contributed by atoms with Gasteiger partial charge >= 0.3 is 6.61 Å². The van der Waals surface area contributed by atoms with E-state index >= 15 is 0 Å². The van der Waals surface area contributed by atoms with Gasteiger partial charge in [0.1, 0.15) is 11.9 Å².